The third-order valence-electron chi connectivity index (χ3n) is 3.57. The first-order chi connectivity index (χ1) is 9.23. The summed E-state index contributed by atoms with van der Waals surface area (Å²) in [5.74, 6) is -0.602. The lowest BCUT2D eigenvalue weighted by Crippen LogP contribution is -2.64. The highest BCUT2D eigenvalue weighted by atomic mass is 32.1. The summed E-state index contributed by atoms with van der Waals surface area (Å²) in [6.07, 6.45) is 0. The average molecular weight is 291 g/mol. The molecule has 1 saturated heterocycles. The number of thiocarbonyl (C=S) groups is 1. The van der Waals surface area contributed by atoms with E-state index in [1.807, 2.05) is 25.1 Å². The predicted molar refractivity (Wildman–Crippen MR) is 81.6 cm³/mol. The van der Waals surface area contributed by atoms with Crippen LogP contribution < -0.4 is 16.0 Å². The summed E-state index contributed by atoms with van der Waals surface area (Å²) in [5, 5.41) is 2.35. The summed E-state index contributed by atoms with van der Waals surface area (Å²) >= 11 is 4.98. The van der Waals surface area contributed by atoms with Crippen molar-refractivity contribution in [2.75, 3.05) is 11.4 Å². The lowest BCUT2D eigenvalue weighted by molar-refractivity contribution is -0.135. The molecule has 6 heteroatoms. The molecule has 0 bridgehead atoms. The van der Waals surface area contributed by atoms with Crippen LogP contribution in [0.15, 0.2) is 18.2 Å². The Hall–Kier alpha value is -1.95. The predicted octanol–water partition coefficient (Wildman–Crippen LogP) is 0.871. The Morgan fingerprint density at radius 2 is 2.05 bits per heavy atom. The molecule has 0 atom stereocenters. The number of nitrogens with zero attached hydrogens (tertiary/aromatic N) is 1. The summed E-state index contributed by atoms with van der Waals surface area (Å²) in [4.78, 5) is 25.7. The molecule has 1 heterocycles. The Morgan fingerprint density at radius 1 is 1.40 bits per heavy atom. The lowest BCUT2D eigenvalue weighted by atomic mass is 9.96. The topological polar surface area (TPSA) is 75.4 Å². The van der Waals surface area contributed by atoms with Gasteiger partial charge in [0.1, 0.15) is 10.5 Å². The van der Waals surface area contributed by atoms with Gasteiger partial charge in [0.2, 0.25) is 5.91 Å². The van der Waals surface area contributed by atoms with Gasteiger partial charge in [0.15, 0.2) is 0 Å². The Labute approximate surface area is 123 Å². The Kier molecular flexibility index (Phi) is 3.52. The van der Waals surface area contributed by atoms with Crippen LogP contribution in [0.3, 0.4) is 0 Å². The van der Waals surface area contributed by atoms with E-state index in [-0.39, 0.29) is 18.4 Å². The number of anilines is 1. The van der Waals surface area contributed by atoms with Gasteiger partial charge in [-0.1, -0.05) is 12.2 Å². The summed E-state index contributed by atoms with van der Waals surface area (Å²) in [5.41, 5.74) is 7.38. The molecule has 0 radical (unpaired) electrons. The van der Waals surface area contributed by atoms with Gasteiger partial charge in [-0.15, -0.1) is 0 Å². The lowest BCUT2D eigenvalue weighted by Gasteiger charge is -2.42. The largest absolute Gasteiger partial charge is 0.389 e. The molecule has 2 rings (SSSR count). The van der Waals surface area contributed by atoms with E-state index in [0.29, 0.717) is 4.99 Å². The van der Waals surface area contributed by atoms with Crippen molar-refractivity contribution in [3.63, 3.8) is 0 Å². The first-order valence-electron chi connectivity index (χ1n) is 6.26. The van der Waals surface area contributed by atoms with E-state index in [1.165, 1.54) is 0 Å². The Morgan fingerprint density at radius 3 is 2.60 bits per heavy atom. The smallest absolute Gasteiger partial charge is 0.251 e. The van der Waals surface area contributed by atoms with E-state index in [2.05, 4.69) is 5.32 Å². The quantitative estimate of drug-likeness (QED) is 0.625. The van der Waals surface area contributed by atoms with Crippen LogP contribution in [-0.4, -0.2) is 28.9 Å². The molecule has 0 aliphatic carbocycles. The second-order valence-corrected chi connectivity index (χ2v) is 5.83. The number of rotatable bonds is 2. The second kappa shape index (κ2) is 4.86. The molecular weight excluding hydrogens is 274 g/mol. The van der Waals surface area contributed by atoms with E-state index in [4.69, 9.17) is 18.0 Å². The Bertz CT molecular complexity index is 610. The van der Waals surface area contributed by atoms with Crippen molar-refractivity contribution in [2.45, 2.75) is 26.3 Å². The maximum atomic E-state index is 12.0. The SMILES string of the molecule is Cc1cc(N2CC(=O)NC(=O)C2(C)C)ccc1C(N)=S. The number of nitrogens with one attached hydrogen (secondary N) is 1. The van der Waals surface area contributed by atoms with Crippen molar-refractivity contribution in [1.82, 2.24) is 5.32 Å². The maximum Gasteiger partial charge on any atom is 0.251 e. The summed E-state index contributed by atoms with van der Waals surface area (Å²) < 4.78 is 0. The number of carbonyl (C=O) groups is 2. The van der Waals surface area contributed by atoms with Gasteiger partial charge >= 0.3 is 0 Å². The Balaban J connectivity index is 2.44. The van der Waals surface area contributed by atoms with Crippen LogP contribution >= 0.6 is 12.2 Å². The number of piperazine rings is 1. The number of amides is 2. The zero-order chi connectivity index (χ0) is 15.1. The molecule has 1 aliphatic heterocycles. The second-order valence-electron chi connectivity index (χ2n) is 5.39. The number of hydrogen-bond acceptors (Lipinski definition) is 4. The molecule has 0 aromatic heterocycles. The highest BCUT2D eigenvalue weighted by molar-refractivity contribution is 7.80. The molecule has 1 aromatic carbocycles. The van der Waals surface area contributed by atoms with Crippen LogP contribution in [0.4, 0.5) is 5.69 Å². The van der Waals surface area contributed by atoms with Crippen LogP contribution in [0.25, 0.3) is 0 Å². The van der Waals surface area contributed by atoms with Gasteiger partial charge in [0, 0.05) is 11.3 Å². The molecule has 5 nitrogen and oxygen atoms in total. The van der Waals surface area contributed by atoms with Crippen LogP contribution in [0.5, 0.6) is 0 Å². The number of carbonyl (C=O) groups excluding carboxylic acids is 2. The minimum atomic E-state index is -0.787. The first-order valence-corrected chi connectivity index (χ1v) is 6.66. The molecule has 0 saturated carbocycles. The molecule has 1 aliphatic rings. The van der Waals surface area contributed by atoms with Gasteiger partial charge in [-0.05, 0) is 44.5 Å². The van der Waals surface area contributed by atoms with Crippen molar-refractivity contribution in [1.29, 1.82) is 0 Å². The fraction of sp³-hybridized carbons (Fsp3) is 0.357. The number of benzene rings is 1. The van der Waals surface area contributed by atoms with Gasteiger partial charge in [-0.25, -0.2) is 0 Å². The third-order valence-corrected chi connectivity index (χ3v) is 3.79. The zero-order valence-electron chi connectivity index (χ0n) is 11.7. The molecule has 0 unspecified atom stereocenters. The summed E-state index contributed by atoms with van der Waals surface area (Å²) in [6.45, 7) is 5.61. The van der Waals surface area contributed by atoms with Gasteiger partial charge in [0.25, 0.3) is 5.91 Å². The van der Waals surface area contributed by atoms with Crippen molar-refractivity contribution < 1.29 is 9.59 Å². The standard InChI is InChI=1S/C14H17N3O2S/c1-8-6-9(4-5-10(8)12(15)20)17-7-11(18)16-13(19)14(17,2)3/h4-6H,7H2,1-3H3,(H2,15,20)(H,16,18,19). The van der Waals surface area contributed by atoms with Gasteiger partial charge in [-0.3, -0.25) is 14.9 Å². The molecule has 20 heavy (non-hydrogen) atoms. The minimum Gasteiger partial charge on any atom is -0.389 e. The van der Waals surface area contributed by atoms with Crippen LogP contribution in [0, 0.1) is 6.92 Å². The normalized spacial score (nSPS) is 17.9. The van der Waals surface area contributed by atoms with E-state index in [0.717, 1.165) is 16.8 Å². The van der Waals surface area contributed by atoms with Gasteiger partial charge < -0.3 is 10.6 Å². The molecule has 3 N–H and O–H groups in total. The molecule has 1 aromatic rings. The van der Waals surface area contributed by atoms with Gasteiger partial charge in [-0.2, -0.15) is 0 Å². The van der Waals surface area contributed by atoms with Crippen molar-refractivity contribution >= 4 is 34.7 Å². The third kappa shape index (κ3) is 2.38. The molecule has 0 spiro atoms. The van der Waals surface area contributed by atoms with Crippen molar-refractivity contribution in [3.05, 3.63) is 29.3 Å². The minimum absolute atomic E-state index is 0.143. The number of aryl methyl sites for hydroxylation is 1. The van der Waals surface area contributed by atoms with Gasteiger partial charge in [0.05, 0.1) is 6.54 Å². The van der Waals surface area contributed by atoms with E-state index >= 15 is 0 Å². The van der Waals surface area contributed by atoms with Crippen molar-refractivity contribution in [2.24, 2.45) is 5.73 Å². The van der Waals surface area contributed by atoms with Crippen LogP contribution in [-0.2, 0) is 9.59 Å². The highest BCUT2D eigenvalue weighted by Crippen LogP contribution is 2.28. The molecule has 106 valence electrons. The van der Waals surface area contributed by atoms with Crippen LogP contribution in [0.1, 0.15) is 25.0 Å². The fourth-order valence-corrected chi connectivity index (χ4v) is 2.52. The first kappa shape index (κ1) is 14.5. The van der Waals surface area contributed by atoms with Crippen LogP contribution in [0.2, 0.25) is 0 Å². The number of imide groups is 1. The number of hydrogen-bond donors (Lipinski definition) is 2. The van der Waals surface area contributed by atoms with E-state index in [1.54, 1.807) is 18.7 Å². The average Bonchev–Trinajstić information content (AvgIpc) is 2.33. The fourth-order valence-electron chi connectivity index (χ4n) is 2.29. The highest BCUT2D eigenvalue weighted by Gasteiger charge is 2.41. The summed E-state index contributed by atoms with van der Waals surface area (Å²) in [7, 11) is 0. The summed E-state index contributed by atoms with van der Waals surface area (Å²) in [6, 6.07) is 5.54. The molecule has 1 fully saturated rings. The monoisotopic (exact) mass is 291 g/mol. The van der Waals surface area contributed by atoms with E-state index < -0.39 is 5.54 Å². The zero-order valence-corrected chi connectivity index (χ0v) is 12.5. The molecule has 2 amide bonds. The van der Waals surface area contributed by atoms with E-state index in [9.17, 15) is 9.59 Å². The number of nitrogens with two attached hydrogens (primary N) is 1. The van der Waals surface area contributed by atoms with Crippen molar-refractivity contribution in [3.8, 4) is 0 Å². The molecular formula is C14H17N3O2S. The maximum absolute atomic E-state index is 12.0.